The lowest BCUT2D eigenvalue weighted by Crippen LogP contribution is -1.94. The number of nitrogens with zero attached hydrogens (tertiary/aromatic N) is 4. The summed E-state index contributed by atoms with van der Waals surface area (Å²) in [6.45, 7) is 0. The van der Waals surface area contributed by atoms with Crippen LogP contribution < -0.4 is 5.73 Å². The lowest BCUT2D eigenvalue weighted by atomic mass is 10.2. The van der Waals surface area contributed by atoms with E-state index in [1.54, 1.807) is 16.4 Å². The highest BCUT2D eigenvalue weighted by Crippen LogP contribution is 2.26. The third-order valence-electron chi connectivity index (χ3n) is 2.02. The molecule has 0 aliphatic rings. The summed E-state index contributed by atoms with van der Waals surface area (Å²) in [6.07, 6.45) is 0. The van der Waals surface area contributed by atoms with Gasteiger partial charge in [-0.2, -0.15) is 0 Å². The van der Waals surface area contributed by atoms with Crippen molar-refractivity contribution in [2.75, 3.05) is 5.73 Å². The molecule has 7 heteroatoms. The van der Waals surface area contributed by atoms with Crippen molar-refractivity contribution in [2.45, 2.75) is 10.9 Å². The molecule has 2 aromatic rings. The topological polar surface area (TPSA) is 69.6 Å². The van der Waals surface area contributed by atoms with Crippen LogP contribution in [0.15, 0.2) is 27.8 Å². The van der Waals surface area contributed by atoms with Crippen LogP contribution in [0.5, 0.6) is 0 Å². The monoisotopic (exact) mass is 299 g/mol. The highest BCUT2D eigenvalue weighted by Gasteiger charge is 2.05. The van der Waals surface area contributed by atoms with Gasteiger partial charge in [-0.3, -0.25) is 0 Å². The Balaban J connectivity index is 2.08. The largest absolute Gasteiger partial charge is 0.399 e. The number of hydrogen-bond donors (Lipinski definition) is 1. The summed E-state index contributed by atoms with van der Waals surface area (Å²) >= 11 is 5.06. The second-order valence-corrected chi connectivity index (χ2v) is 5.02. The van der Waals surface area contributed by atoms with Crippen LogP contribution >= 0.6 is 27.7 Å². The Morgan fingerprint density at radius 1 is 1.50 bits per heavy atom. The van der Waals surface area contributed by atoms with E-state index in [1.807, 2.05) is 25.2 Å². The Labute approximate surface area is 106 Å². The average molecular weight is 300 g/mol. The summed E-state index contributed by atoms with van der Waals surface area (Å²) in [7, 11) is 1.82. The van der Waals surface area contributed by atoms with Gasteiger partial charge in [0.2, 0.25) is 5.16 Å². The molecule has 1 heterocycles. The molecule has 84 valence electrons. The fraction of sp³-hybridized carbons (Fsp3) is 0.222. The molecule has 0 amide bonds. The highest BCUT2D eigenvalue weighted by molar-refractivity contribution is 9.10. The van der Waals surface area contributed by atoms with Gasteiger partial charge < -0.3 is 5.73 Å². The number of anilines is 1. The molecule has 2 N–H and O–H groups in total. The van der Waals surface area contributed by atoms with E-state index < -0.39 is 0 Å². The predicted molar refractivity (Wildman–Crippen MR) is 66.9 cm³/mol. The molecule has 16 heavy (non-hydrogen) atoms. The fourth-order valence-electron chi connectivity index (χ4n) is 1.17. The molecular weight excluding hydrogens is 290 g/mol. The van der Waals surface area contributed by atoms with Gasteiger partial charge in [-0.05, 0) is 28.1 Å². The van der Waals surface area contributed by atoms with Crippen LogP contribution in [0.4, 0.5) is 5.69 Å². The van der Waals surface area contributed by atoms with Crippen LogP contribution in [0.1, 0.15) is 5.56 Å². The maximum Gasteiger partial charge on any atom is 0.209 e. The molecule has 0 saturated heterocycles. The van der Waals surface area contributed by atoms with E-state index in [9.17, 15) is 0 Å². The molecule has 2 rings (SSSR count). The van der Waals surface area contributed by atoms with Crippen molar-refractivity contribution >= 4 is 33.4 Å². The van der Waals surface area contributed by atoms with Gasteiger partial charge >= 0.3 is 0 Å². The van der Waals surface area contributed by atoms with Crippen molar-refractivity contribution in [1.82, 2.24) is 20.2 Å². The van der Waals surface area contributed by atoms with Crippen molar-refractivity contribution in [1.29, 1.82) is 0 Å². The first-order chi connectivity index (χ1) is 7.66. The zero-order chi connectivity index (χ0) is 11.5. The third-order valence-corrected chi connectivity index (χ3v) is 3.81. The molecule has 5 nitrogen and oxygen atoms in total. The van der Waals surface area contributed by atoms with Gasteiger partial charge in [-0.15, -0.1) is 5.10 Å². The van der Waals surface area contributed by atoms with E-state index in [0.29, 0.717) is 0 Å². The molecule has 0 aliphatic carbocycles. The van der Waals surface area contributed by atoms with Crippen LogP contribution in [-0.4, -0.2) is 20.2 Å². The minimum absolute atomic E-state index is 0.751. The van der Waals surface area contributed by atoms with Gasteiger partial charge in [0.15, 0.2) is 0 Å². The summed E-state index contributed by atoms with van der Waals surface area (Å²) in [5, 5.41) is 12.0. The lowest BCUT2D eigenvalue weighted by molar-refractivity contribution is 0.664. The van der Waals surface area contributed by atoms with E-state index in [0.717, 1.165) is 21.1 Å². The number of thioether (sulfide) groups is 1. The fourth-order valence-corrected chi connectivity index (χ4v) is 2.74. The first-order valence-corrected chi connectivity index (χ1v) is 6.34. The number of aromatic nitrogens is 4. The number of rotatable bonds is 3. The molecule has 0 radical (unpaired) electrons. The van der Waals surface area contributed by atoms with Crippen LogP contribution in [-0.2, 0) is 12.8 Å². The smallest absolute Gasteiger partial charge is 0.209 e. The Bertz CT molecular complexity index is 498. The van der Waals surface area contributed by atoms with Crippen LogP contribution in [0.25, 0.3) is 0 Å². The zero-order valence-electron chi connectivity index (χ0n) is 8.59. The number of hydrogen-bond acceptors (Lipinski definition) is 5. The highest BCUT2D eigenvalue weighted by atomic mass is 79.9. The van der Waals surface area contributed by atoms with Gasteiger partial charge in [0.25, 0.3) is 0 Å². The Morgan fingerprint density at radius 2 is 2.31 bits per heavy atom. The summed E-state index contributed by atoms with van der Waals surface area (Å²) in [5.74, 6) is 0.801. The van der Waals surface area contributed by atoms with E-state index >= 15 is 0 Å². The van der Waals surface area contributed by atoms with E-state index in [1.165, 1.54) is 5.56 Å². The Morgan fingerprint density at radius 3 is 2.94 bits per heavy atom. The van der Waals surface area contributed by atoms with Crippen molar-refractivity contribution in [3.05, 3.63) is 28.2 Å². The molecule has 1 aromatic carbocycles. The van der Waals surface area contributed by atoms with Crippen LogP contribution in [0, 0.1) is 0 Å². The number of nitrogens with two attached hydrogens (primary N) is 1. The van der Waals surface area contributed by atoms with Gasteiger partial charge in [-0.25, -0.2) is 4.68 Å². The van der Waals surface area contributed by atoms with E-state index in [-0.39, 0.29) is 0 Å². The summed E-state index contributed by atoms with van der Waals surface area (Å²) in [6, 6.07) is 5.77. The first-order valence-electron chi connectivity index (χ1n) is 4.56. The molecule has 0 fully saturated rings. The van der Waals surface area contributed by atoms with Gasteiger partial charge in [0, 0.05) is 23.0 Å². The van der Waals surface area contributed by atoms with Gasteiger partial charge in [-0.1, -0.05) is 33.8 Å². The molecule has 0 spiro atoms. The standard InChI is InChI=1S/C9H10BrN5S/c1-15-9(12-13-14-15)16-5-6-2-3-7(11)4-8(6)10/h2-4H,5,11H2,1H3. The van der Waals surface area contributed by atoms with Crippen molar-refractivity contribution in [3.8, 4) is 0 Å². The molecule has 0 bridgehead atoms. The lowest BCUT2D eigenvalue weighted by Gasteiger charge is -2.04. The SMILES string of the molecule is Cn1nnnc1SCc1ccc(N)cc1Br. The third kappa shape index (κ3) is 2.53. The van der Waals surface area contributed by atoms with Crippen LogP contribution in [0.3, 0.4) is 0 Å². The molecular formula is C9H10BrN5S. The summed E-state index contributed by atoms with van der Waals surface area (Å²) in [4.78, 5) is 0. The summed E-state index contributed by atoms with van der Waals surface area (Å²) in [5.41, 5.74) is 7.59. The van der Waals surface area contributed by atoms with Crippen molar-refractivity contribution in [3.63, 3.8) is 0 Å². The maximum absolute atomic E-state index is 5.67. The Kier molecular flexibility index (Phi) is 3.45. The molecule has 0 unspecified atom stereocenters. The number of benzene rings is 1. The molecule has 0 atom stereocenters. The minimum atomic E-state index is 0.751. The van der Waals surface area contributed by atoms with Gasteiger partial charge in [0.05, 0.1) is 0 Å². The van der Waals surface area contributed by atoms with Gasteiger partial charge in [0.1, 0.15) is 0 Å². The zero-order valence-corrected chi connectivity index (χ0v) is 11.0. The number of tetrazole rings is 1. The van der Waals surface area contributed by atoms with Crippen molar-refractivity contribution < 1.29 is 0 Å². The second kappa shape index (κ2) is 4.84. The second-order valence-electron chi connectivity index (χ2n) is 3.22. The molecule has 0 aliphatic heterocycles. The average Bonchev–Trinajstić information content (AvgIpc) is 2.63. The molecule has 1 aromatic heterocycles. The van der Waals surface area contributed by atoms with E-state index in [4.69, 9.17) is 5.73 Å². The van der Waals surface area contributed by atoms with Crippen LogP contribution in [0.2, 0.25) is 0 Å². The molecule has 0 saturated carbocycles. The quantitative estimate of drug-likeness (QED) is 0.692. The first kappa shape index (κ1) is 11.4. The van der Waals surface area contributed by atoms with Crippen molar-refractivity contribution in [2.24, 2.45) is 7.05 Å². The number of nitrogen functional groups attached to an aromatic ring is 1. The predicted octanol–water partition coefficient (Wildman–Crippen LogP) is 1.85. The number of halogens is 1. The maximum atomic E-state index is 5.67. The van der Waals surface area contributed by atoms with E-state index in [2.05, 4.69) is 31.5 Å². The summed E-state index contributed by atoms with van der Waals surface area (Å²) < 4.78 is 2.66. The minimum Gasteiger partial charge on any atom is -0.399 e. The number of aryl methyl sites for hydroxylation is 1. The normalized spacial score (nSPS) is 10.6. The Hall–Kier alpha value is -1.08.